The molecule has 0 amide bonds. The fraction of sp³-hybridized carbons (Fsp3) is 0.533. The number of carboxylic acid groups (broad SMARTS) is 1. The number of aromatic carboxylic acids is 1. The number of halogens is 1. The lowest BCUT2D eigenvalue weighted by molar-refractivity contribution is 0.0698. The third kappa shape index (κ3) is 3.03. The number of carbonyl (C=O) groups is 1. The van der Waals surface area contributed by atoms with E-state index in [1.54, 1.807) is 0 Å². The summed E-state index contributed by atoms with van der Waals surface area (Å²) in [5.74, 6) is -1.90. The van der Waals surface area contributed by atoms with Gasteiger partial charge < -0.3 is 16.2 Å². The number of hydrogen-bond acceptors (Lipinski definition) is 3. The zero-order chi connectivity index (χ0) is 14.9. The Labute approximate surface area is 118 Å². The normalized spacial score (nSPS) is 18.8. The van der Waals surface area contributed by atoms with Gasteiger partial charge in [0.25, 0.3) is 0 Å². The molecule has 0 unspecified atom stereocenters. The van der Waals surface area contributed by atoms with E-state index in [2.05, 4.69) is 19.2 Å². The highest BCUT2D eigenvalue weighted by atomic mass is 19.1. The molecule has 4 N–H and O–H groups in total. The van der Waals surface area contributed by atoms with Gasteiger partial charge in [-0.15, -0.1) is 0 Å². The lowest BCUT2D eigenvalue weighted by Gasteiger charge is -2.35. The van der Waals surface area contributed by atoms with Crippen molar-refractivity contribution >= 4 is 17.3 Å². The molecule has 0 aliphatic heterocycles. The molecule has 2 rings (SSSR count). The largest absolute Gasteiger partial charge is 0.478 e. The van der Waals surface area contributed by atoms with E-state index in [0.29, 0.717) is 11.1 Å². The monoisotopic (exact) mass is 280 g/mol. The van der Waals surface area contributed by atoms with Crippen LogP contribution in [0.15, 0.2) is 12.1 Å². The zero-order valence-corrected chi connectivity index (χ0v) is 11.9. The summed E-state index contributed by atoms with van der Waals surface area (Å²) < 4.78 is 13.4. The SMILES string of the molecule is CC1(C)CCC(Nc2ccc(F)c(N)c2C(=O)O)CC1. The molecule has 0 saturated heterocycles. The minimum Gasteiger partial charge on any atom is -0.478 e. The molecule has 0 bridgehead atoms. The van der Waals surface area contributed by atoms with Gasteiger partial charge in [-0.3, -0.25) is 0 Å². The first kappa shape index (κ1) is 14.6. The van der Waals surface area contributed by atoms with Gasteiger partial charge in [0.15, 0.2) is 0 Å². The number of nitrogens with one attached hydrogen (secondary N) is 1. The quantitative estimate of drug-likeness (QED) is 0.741. The van der Waals surface area contributed by atoms with Crippen LogP contribution >= 0.6 is 0 Å². The first-order chi connectivity index (χ1) is 9.30. The molecule has 5 heteroatoms. The van der Waals surface area contributed by atoms with Gasteiger partial charge in [0.05, 0.1) is 11.4 Å². The number of hydrogen-bond donors (Lipinski definition) is 3. The second-order valence-electron chi connectivity index (χ2n) is 6.27. The fourth-order valence-corrected chi connectivity index (χ4v) is 2.71. The molecule has 0 spiro atoms. The molecule has 1 fully saturated rings. The summed E-state index contributed by atoms with van der Waals surface area (Å²) in [6.45, 7) is 4.48. The number of anilines is 2. The highest BCUT2D eigenvalue weighted by Crippen LogP contribution is 2.37. The van der Waals surface area contributed by atoms with E-state index in [-0.39, 0.29) is 17.3 Å². The minimum absolute atomic E-state index is 0.171. The van der Waals surface area contributed by atoms with Crippen molar-refractivity contribution in [1.82, 2.24) is 0 Å². The third-order valence-electron chi connectivity index (χ3n) is 4.10. The number of nitrogens with two attached hydrogens (primary N) is 1. The summed E-state index contributed by atoms with van der Waals surface area (Å²) in [7, 11) is 0. The van der Waals surface area contributed by atoms with Gasteiger partial charge >= 0.3 is 5.97 Å². The van der Waals surface area contributed by atoms with Gasteiger partial charge in [-0.1, -0.05) is 13.8 Å². The Balaban J connectivity index is 2.18. The molecule has 1 aliphatic rings. The Bertz CT molecular complexity index is 519. The maximum absolute atomic E-state index is 13.4. The summed E-state index contributed by atoms with van der Waals surface area (Å²) >= 11 is 0. The predicted molar refractivity (Wildman–Crippen MR) is 77.4 cm³/mol. The van der Waals surface area contributed by atoms with Gasteiger partial charge in [0, 0.05) is 6.04 Å². The fourth-order valence-electron chi connectivity index (χ4n) is 2.71. The summed E-state index contributed by atoms with van der Waals surface area (Å²) in [6, 6.07) is 2.87. The number of nitrogen functional groups attached to an aromatic ring is 1. The van der Waals surface area contributed by atoms with Crippen LogP contribution in [0.1, 0.15) is 49.9 Å². The summed E-state index contributed by atoms with van der Waals surface area (Å²) in [5.41, 5.74) is 5.81. The van der Waals surface area contributed by atoms with E-state index in [1.807, 2.05) is 0 Å². The highest BCUT2D eigenvalue weighted by Gasteiger charge is 2.28. The first-order valence-electron chi connectivity index (χ1n) is 6.88. The van der Waals surface area contributed by atoms with Crippen molar-refractivity contribution in [1.29, 1.82) is 0 Å². The van der Waals surface area contributed by atoms with Crippen LogP contribution < -0.4 is 11.1 Å². The number of benzene rings is 1. The number of rotatable bonds is 3. The number of carboxylic acids is 1. The van der Waals surface area contributed by atoms with Gasteiger partial charge in [-0.25, -0.2) is 9.18 Å². The van der Waals surface area contributed by atoms with E-state index in [0.717, 1.165) is 25.7 Å². The Kier molecular flexibility index (Phi) is 3.88. The van der Waals surface area contributed by atoms with Gasteiger partial charge in [0.2, 0.25) is 0 Å². The molecule has 1 aliphatic carbocycles. The van der Waals surface area contributed by atoms with Crippen molar-refractivity contribution in [3.63, 3.8) is 0 Å². The highest BCUT2D eigenvalue weighted by molar-refractivity contribution is 6.00. The zero-order valence-electron chi connectivity index (χ0n) is 11.9. The van der Waals surface area contributed by atoms with Crippen LogP contribution in [0.4, 0.5) is 15.8 Å². The molecule has 0 atom stereocenters. The topological polar surface area (TPSA) is 75.3 Å². The van der Waals surface area contributed by atoms with E-state index >= 15 is 0 Å². The van der Waals surface area contributed by atoms with Crippen LogP contribution in [-0.2, 0) is 0 Å². The van der Waals surface area contributed by atoms with Crippen LogP contribution in [0.3, 0.4) is 0 Å². The lowest BCUT2D eigenvalue weighted by Crippen LogP contribution is -2.30. The molecule has 0 heterocycles. The average Bonchev–Trinajstić information content (AvgIpc) is 2.36. The smallest absolute Gasteiger partial charge is 0.340 e. The maximum Gasteiger partial charge on any atom is 0.340 e. The van der Waals surface area contributed by atoms with Crippen LogP contribution in [-0.4, -0.2) is 17.1 Å². The van der Waals surface area contributed by atoms with E-state index in [1.165, 1.54) is 12.1 Å². The molecule has 1 saturated carbocycles. The second kappa shape index (κ2) is 5.31. The third-order valence-corrected chi connectivity index (χ3v) is 4.10. The summed E-state index contributed by atoms with van der Waals surface area (Å²) in [5, 5.41) is 12.4. The van der Waals surface area contributed by atoms with Gasteiger partial charge in [-0.05, 0) is 43.2 Å². The van der Waals surface area contributed by atoms with Crippen LogP contribution in [0, 0.1) is 11.2 Å². The molecule has 20 heavy (non-hydrogen) atoms. The van der Waals surface area contributed by atoms with Crippen LogP contribution in [0.2, 0.25) is 0 Å². The molecule has 0 aromatic heterocycles. The van der Waals surface area contributed by atoms with Crippen molar-refractivity contribution in [3.05, 3.63) is 23.5 Å². The average molecular weight is 280 g/mol. The van der Waals surface area contributed by atoms with Crippen LogP contribution in [0.25, 0.3) is 0 Å². The Morgan fingerprint density at radius 1 is 1.40 bits per heavy atom. The van der Waals surface area contributed by atoms with E-state index in [4.69, 9.17) is 5.73 Å². The van der Waals surface area contributed by atoms with Crippen molar-refractivity contribution in [2.24, 2.45) is 5.41 Å². The van der Waals surface area contributed by atoms with E-state index < -0.39 is 11.8 Å². The first-order valence-corrected chi connectivity index (χ1v) is 6.88. The van der Waals surface area contributed by atoms with Crippen molar-refractivity contribution in [3.8, 4) is 0 Å². The lowest BCUT2D eigenvalue weighted by atomic mass is 9.75. The standard InChI is InChI=1S/C15H21FN2O2/c1-15(2)7-5-9(6-8-15)18-11-4-3-10(16)13(17)12(11)14(19)20/h3-4,9,18H,5-8,17H2,1-2H3,(H,19,20). The Morgan fingerprint density at radius 2 is 2.00 bits per heavy atom. The Morgan fingerprint density at radius 3 is 2.55 bits per heavy atom. The van der Waals surface area contributed by atoms with Gasteiger partial charge in [0.1, 0.15) is 11.4 Å². The molecule has 1 aromatic rings. The summed E-state index contributed by atoms with van der Waals surface area (Å²) in [4.78, 5) is 11.3. The molecule has 4 nitrogen and oxygen atoms in total. The van der Waals surface area contributed by atoms with Crippen molar-refractivity contribution < 1.29 is 14.3 Å². The van der Waals surface area contributed by atoms with Crippen molar-refractivity contribution in [2.45, 2.75) is 45.6 Å². The molecule has 110 valence electrons. The van der Waals surface area contributed by atoms with Gasteiger partial charge in [-0.2, -0.15) is 0 Å². The summed E-state index contributed by atoms with van der Waals surface area (Å²) in [6.07, 6.45) is 4.13. The van der Waals surface area contributed by atoms with Crippen molar-refractivity contribution in [2.75, 3.05) is 11.1 Å². The van der Waals surface area contributed by atoms with E-state index in [9.17, 15) is 14.3 Å². The maximum atomic E-state index is 13.4. The Hall–Kier alpha value is -1.78. The second-order valence-corrected chi connectivity index (χ2v) is 6.27. The molecule has 1 aromatic carbocycles. The molecular formula is C15H21FN2O2. The minimum atomic E-state index is -1.21. The predicted octanol–water partition coefficient (Wildman–Crippen LogP) is 3.49. The molecular weight excluding hydrogens is 259 g/mol. The van der Waals surface area contributed by atoms with Crippen LogP contribution in [0.5, 0.6) is 0 Å². The molecule has 0 radical (unpaired) electrons.